The van der Waals surface area contributed by atoms with Crippen molar-refractivity contribution in [2.24, 2.45) is 5.92 Å². The number of urea groups is 1. The lowest BCUT2D eigenvalue weighted by atomic mass is 10.2. The van der Waals surface area contributed by atoms with E-state index < -0.39 is 29.9 Å². The lowest BCUT2D eigenvalue weighted by Gasteiger charge is -2.23. The SMILES string of the molecule is COC(=O)C(C)CN(C)C(=O)NC(CCSC)C(=O)O. The zero-order valence-electron chi connectivity index (χ0n) is 12.2. The van der Waals surface area contributed by atoms with Gasteiger partial charge in [-0.15, -0.1) is 0 Å². The van der Waals surface area contributed by atoms with Gasteiger partial charge in [0.05, 0.1) is 13.0 Å². The van der Waals surface area contributed by atoms with Gasteiger partial charge in [0, 0.05) is 13.6 Å². The lowest BCUT2D eigenvalue weighted by Crippen LogP contribution is -2.48. The number of hydrogen-bond acceptors (Lipinski definition) is 5. The van der Waals surface area contributed by atoms with Crippen LogP contribution in [0.1, 0.15) is 13.3 Å². The Balaban J connectivity index is 4.41. The van der Waals surface area contributed by atoms with Crippen LogP contribution >= 0.6 is 11.8 Å². The van der Waals surface area contributed by atoms with E-state index in [0.29, 0.717) is 12.2 Å². The Hall–Kier alpha value is -1.44. The minimum atomic E-state index is -1.07. The summed E-state index contributed by atoms with van der Waals surface area (Å²) in [7, 11) is 2.78. The molecule has 2 amide bonds. The smallest absolute Gasteiger partial charge is 0.326 e. The van der Waals surface area contributed by atoms with Crippen molar-refractivity contribution < 1.29 is 24.2 Å². The van der Waals surface area contributed by atoms with Gasteiger partial charge in [-0.25, -0.2) is 9.59 Å². The first-order chi connectivity index (χ1) is 9.33. The average molecular weight is 306 g/mol. The number of carbonyl (C=O) groups is 3. The molecule has 2 atom stereocenters. The minimum Gasteiger partial charge on any atom is -0.480 e. The Kier molecular flexibility index (Phi) is 8.78. The Morgan fingerprint density at radius 1 is 1.40 bits per heavy atom. The van der Waals surface area contributed by atoms with E-state index in [2.05, 4.69) is 10.1 Å². The quantitative estimate of drug-likeness (QED) is 0.639. The average Bonchev–Trinajstić information content (AvgIpc) is 2.41. The molecule has 0 saturated carbocycles. The summed E-state index contributed by atoms with van der Waals surface area (Å²) in [5.41, 5.74) is 0. The van der Waals surface area contributed by atoms with Gasteiger partial charge in [-0.05, 0) is 18.4 Å². The molecule has 0 aliphatic carbocycles. The van der Waals surface area contributed by atoms with E-state index in [9.17, 15) is 14.4 Å². The zero-order valence-corrected chi connectivity index (χ0v) is 13.0. The van der Waals surface area contributed by atoms with Gasteiger partial charge in [0.25, 0.3) is 0 Å². The molecule has 0 radical (unpaired) electrons. The molecular weight excluding hydrogens is 284 g/mol. The third-order valence-corrected chi connectivity index (χ3v) is 3.35. The number of carbonyl (C=O) groups excluding carboxylic acids is 2. The summed E-state index contributed by atoms with van der Waals surface area (Å²) in [4.78, 5) is 35.4. The second-order valence-corrected chi connectivity index (χ2v) is 5.41. The van der Waals surface area contributed by atoms with E-state index in [4.69, 9.17) is 5.11 Å². The summed E-state index contributed by atoms with van der Waals surface area (Å²) in [5.74, 6) is -1.31. The van der Waals surface area contributed by atoms with Crippen molar-refractivity contribution in [1.82, 2.24) is 10.2 Å². The van der Waals surface area contributed by atoms with Crippen molar-refractivity contribution in [3.05, 3.63) is 0 Å². The van der Waals surface area contributed by atoms with E-state index >= 15 is 0 Å². The number of nitrogens with one attached hydrogen (secondary N) is 1. The highest BCUT2D eigenvalue weighted by Gasteiger charge is 2.23. The first kappa shape index (κ1) is 18.6. The molecule has 2 unspecified atom stereocenters. The number of rotatable bonds is 8. The summed E-state index contributed by atoms with van der Waals surface area (Å²) in [6, 6.07) is -1.44. The van der Waals surface area contributed by atoms with Gasteiger partial charge in [0.1, 0.15) is 6.04 Å². The van der Waals surface area contributed by atoms with Crippen LogP contribution in [0.15, 0.2) is 0 Å². The molecule has 0 spiro atoms. The summed E-state index contributed by atoms with van der Waals surface area (Å²) in [6.07, 6.45) is 2.22. The molecule has 0 aromatic carbocycles. The van der Waals surface area contributed by atoms with E-state index in [1.54, 1.807) is 6.92 Å². The summed E-state index contributed by atoms with van der Waals surface area (Å²) >= 11 is 1.51. The topological polar surface area (TPSA) is 95.9 Å². The van der Waals surface area contributed by atoms with Gasteiger partial charge in [-0.3, -0.25) is 4.79 Å². The third-order valence-electron chi connectivity index (χ3n) is 2.70. The number of ether oxygens (including phenoxy) is 1. The Labute approximate surface area is 123 Å². The molecule has 0 bridgehead atoms. The maximum Gasteiger partial charge on any atom is 0.326 e. The van der Waals surface area contributed by atoms with E-state index in [1.165, 1.54) is 30.8 Å². The molecule has 0 heterocycles. The van der Waals surface area contributed by atoms with E-state index in [0.717, 1.165) is 0 Å². The minimum absolute atomic E-state index is 0.160. The molecule has 0 aromatic heterocycles. The van der Waals surface area contributed by atoms with Crippen LogP contribution in [0.5, 0.6) is 0 Å². The summed E-state index contributed by atoms with van der Waals surface area (Å²) in [6.45, 7) is 1.80. The van der Waals surface area contributed by atoms with Crippen molar-refractivity contribution in [2.45, 2.75) is 19.4 Å². The van der Waals surface area contributed by atoms with Crippen LogP contribution in [0.25, 0.3) is 0 Å². The molecule has 0 rings (SSSR count). The molecule has 2 N–H and O–H groups in total. The third kappa shape index (κ3) is 6.65. The second kappa shape index (κ2) is 9.46. The van der Waals surface area contributed by atoms with Gasteiger partial charge in [0.15, 0.2) is 0 Å². The Morgan fingerprint density at radius 3 is 2.45 bits per heavy atom. The van der Waals surface area contributed by atoms with Gasteiger partial charge in [-0.1, -0.05) is 6.92 Å². The van der Waals surface area contributed by atoms with Crippen LogP contribution in [0, 0.1) is 5.92 Å². The standard InChI is InChI=1S/C12H22N2O5S/c1-8(11(17)19-3)7-14(2)12(18)13-9(10(15)16)5-6-20-4/h8-9H,5-7H2,1-4H3,(H,13,18)(H,15,16). The van der Waals surface area contributed by atoms with Crippen LogP contribution < -0.4 is 5.32 Å². The molecule has 8 heteroatoms. The maximum absolute atomic E-state index is 11.9. The Bertz CT molecular complexity index is 351. The molecule has 20 heavy (non-hydrogen) atoms. The Morgan fingerprint density at radius 2 is 2.00 bits per heavy atom. The van der Waals surface area contributed by atoms with Crippen molar-refractivity contribution in [2.75, 3.05) is 32.7 Å². The number of carboxylic acid groups (broad SMARTS) is 1. The molecule has 0 aromatic rings. The van der Waals surface area contributed by atoms with Crippen molar-refractivity contribution in [1.29, 1.82) is 0 Å². The number of hydrogen-bond donors (Lipinski definition) is 2. The maximum atomic E-state index is 11.9. The molecule has 0 saturated heterocycles. The predicted molar refractivity (Wildman–Crippen MR) is 76.8 cm³/mol. The first-order valence-electron chi connectivity index (χ1n) is 6.14. The van der Waals surface area contributed by atoms with Gasteiger partial charge >= 0.3 is 18.0 Å². The number of nitrogens with zero attached hydrogens (tertiary/aromatic N) is 1. The highest BCUT2D eigenvalue weighted by Crippen LogP contribution is 2.04. The van der Waals surface area contributed by atoms with Crippen LogP contribution in [0.4, 0.5) is 4.79 Å². The fourth-order valence-electron chi connectivity index (χ4n) is 1.52. The van der Waals surface area contributed by atoms with E-state index in [-0.39, 0.29) is 6.54 Å². The highest BCUT2D eigenvalue weighted by molar-refractivity contribution is 7.98. The van der Waals surface area contributed by atoms with Crippen LogP contribution in [0.3, 0.4) is 0 Å². The number of methoxy groups -OCH3 is 1. The number of aliphatic carboxylic acids is 1. The van der Waals surface area contributed by atoms with Crippen LogP contribution in [0.2, 0.25) is 0 Å². The number of carboxylic acids is 1. The van der Waals surface area contributed by atoms with Gasteiger partial charge in [0.2, 0.25) is 0 Å². The molecule has 116 valence electrons. The van der Waals surface area contributed by atoms with Crippen molar-refractivity contribution in [3.63, 3.8) is 0 Å². The second-order valence-electron chi connectivity index (χ2n) is 4.43. The highest BCUT2D eigenvalue weighted by atomic mass is 32.2. The summed E-state index contributed by atoms with van der Waals surface area (Å²) < 4.78 is 4.57. The molecular formula is C12H22N2O5S. The monoisotopic (exact) mass is 306 g/mol. The van der Waals surface area contributed by atoms with Gasteiger partial charge < -0.3 is 20.1 Å². The fraction of sp³-hybridized carbons (Fsp3) is 0.750. The van der Waals surface area contributed by atoms with Gasteiger partial charge in [-0.2, -0.15) is 11.8 Å². The van der Waals surface area contributed by atoms with Crippen molar-refractivity contribution in [3.8, 4) is 0 Å². The van der Waals surface area contributed by atoms with E-state index in [1.807, 2.05) is 6.26 Å². The zero-order chi connectivity index (χ0) is 15.7. The molecule has 0 aliphatic heterocycles. The molecule has 0 fully saturated rings. The molecule has 7 nitrogen and oxygen atoms in total. The normalized spacial score (nSPS) is 13.2. The predicted octanol–water partition coefficient (Wildman–Crippen LogP) is 0.643. The van der Waals surface area contributed by atoms with Crippen LogP contribution in [-0.4, -0.2) is 66.7 Å². The van der Waals surface area contributed by atoms with Crippen molar-refractivity contribution >= 4 is 29.7 Å². The first-order valence-corrected chi connectivity index (χ1v) is 7.54. The largest absolute Gasteiger partial charge is 0.480 e. The summed E-state index contributed by atoms with van der Waals surface area (Å²) in [5, 5.41) is 11.5. The number of amides is 2. The molecule has 0 aliphatic rings. The number of esters is 1. The number of thioether (sulfide) groups is 1. The van der Waals surface area contributed by atoms with Crippen LogP contribution in [-0.2, 0) is 14.3 Å². The fourth-order valence-corrected chi connectivity index (χ4v) is 1.99. The lowest BCUT2D eigenvalue weighted by molar-refractivity contribution is -0.145.